The number of ether oxygens (including phenoxy) is 1. The maximum absolute atomic E-state index is 12.2. The topological polar surface area (TPSA) is 100 Å². The molecule has 0 bridgehead atoms. The Kier molecular flexibility index (Phi) is 7.59. The van der Waals surface area contributed by atoms with E-state index in [1.165, 1.54) is 18.1 Å². The van der Waals surface area contributed by atoms with Crippen LogP contribution in [0.2, 0.25) is 0 Å². The zero-order chi connectivity index (χ0) is 26.6. The molecule has 0 radical (unpaired) electrons. The molecular weight excluding hydrogens is 480 g/mol. The number of carbonyl (C=O) groups is 1. The SMILES string of the molecule is C=CC(=O)Nc1cc(Nc2nccc(-n3cc(CN4CCC4)c(C(C)C)n3)n2)c(OC)cc1N1CCCC1. The number of benzene rings is 1. The fraction of sp³-hybridized carbons (Fsp3) is 0.429. The average Bonchev–Trinajstić information content (AvgIpc) is 3.57. The van der Waals surface area contributed by atoms with E-state index in [1.807, 2.05) is 22.9 Å². The minimum atomic E-state index is -0.270. The first-order valence-corrected chi connectivity index (χ1v) is 13.3. The van der Waals surface area contributed by atoms with E-state index in [0.29, 0.717) is 34.8 Å². The fourth-order valence-electron chi connectivity index (χ4n) is 4.93. The van der Waals surface area contributed by atoms with Gasteiger partial charge in [-0.15, -0.1) is 0 Å². The third-order valence-corrected chi connectivity index (χ3v) is 7.04. The Morgan fingerprint density at radius 2 is 1.95 bits per heavy atom. The molecule has 1 aromatic carbocycles. The van der Waals surface area contributed by atoms with Crippen LogP contribution in [0.1, 0.15) is 50.3 Å². The zero-order valence-electron chi connectivity index (χ0n) is 22.4. The van der Waals surface area contributed by atoms with Crippen LogP contribution in [0.4, 0.5) is 23.0 Å². The van der Waals surface area contributed by atoms with E-state index in [1.54, 1.807) is 13.3 Å². The Hall–Kier alpha value is -3.92. The summed E-state index contributed by atoms with van der Waals surface area (Å²) in [6.07, 6.45) is 8.54. The van der Waals surface area contributed by atoms with Crippen LogP contribution in [0.3, 0.4) is 0 Å². The zero-order valence-corrected chi connectivity index (χ0v) is 22.4. The van der Waals surface area contributed by atoms with Gasteiger partial charge in [0, 0.05) is 49.7 Å². The molecule has 2 aliphatic rings. The molecule has 3 aromatic rings. The molecule has 2 N–H and O–H groups in total. The van der Waals surface area contributed by atoms with Crippen molar-refractivity contribution in [2.45, 2.75) is 45.6 Å². The van der Waals surface area contributed by atoms with Gasteiger partial charge in [-0.25, -0.2) is 9.67 Å². The third kappa shape index (κ3) is 5.50. The van der Waals surface area contributed by atoms with Crippen LogP contribution < -0.4 is 20.3 Å². The highest BCUT2D eigenvalue weighted by Gasteiger charge is 2.22. The van der Waals surface area contributed by atoms with Gasteiger partial charge in [0.2, 0.25) is 11.9 Å². The third-order valence-electron chi connectivity index (χ3n) is 7.04. The average molecular weight is 517 g/mol. The minimum absolute atomic E-state index is 0.270. The molecule has 0 saturated carbocycles. The van der Waals surface area contributed by atoms with Crippen molar-refractivity contribution in [3.8, 4) is 11.6 Å². The second-order valence-electron chi connectivity index (χ2n) is 10.1. The van der Waals surface area contributed by atoms with Crippen molar-refractivity contribution in [2.75, 3.05) is 48.8 Å². The Bertz CT molecular complexity index is 1310. The monoisotopic (exact) mass is 516 g/mol. The largest absolute Gasteiger partial charge is 0.494 e. The first-order valence-electron chi connectivity index (χ1n) is 13.3. The number of likely N-dealkylation sites (tertiary alicyclic amines) is 1. The molecule has 5 rings (SSSR count). The lowest BCUT2D eigenvalue weighted by Gasteiger charge is -2.30. The molecule has 0 spiro atoms. The number of hydrogen-bond donors (Lipinski definition) is 2. The van der Waals surface area contributed by atoms with Crippen molar-refractivity contribution in [3.63, 3.8) is 0 Å². The Balaban J connectivity index is 1.45. The first-order chi connectivity index (χ1) is 18.4. The number of amides is 1. The van der Waals surface area contributed by atoms with Crippen LogP contribution in [-0.2, 0) is 11.3 Å². The maximum atomic E-state index is 12.2. The molecule has 2 saturated heterocycles. The van der Waals surface area contributed by atoms with Gasteiger partial charge >= 0.3 is 0 Å². The second kappa shape index (κ2) is 11.2. The van der Waals surface area contributed by atoms with E-state index in [9.17, 15) is 4.79 Å². The molecule has 0 atom stereocenters. The number of nitrogens with zero attached hydrogens (tertiary/aromatic N) is 6. The van der Waals surface area contributed by atoms with Crippen molar-refractivity contribution in [2.24, 2.45) is 0 Å². The Labute approximate surface area is 223 Å². The van der Waals surface area contributed by atoms with Gasteiger partial charge in [-0.2, -0.15) is 10.1 Å². The number of hydrogen-bond acceptors (Lipinski definition) is 8. The molecule has 10 heteroatoms. The van der Waals surface area contributed by atoms with Gasteiger partial charge in [0.05, 0.1) is 29.9 Å². The van der Waals surface area contributed by atoms with Gasteiger partial charge in [-0.3, -0.25) is 9.69 Å². The number of carbonyl (C=O) groups excluding carboxylic acids is 1. The molecule has 10 nitrogen and oxygen atoms in total. The van der Waals surface area contributed by atoms with Gasteiger partial charge in [-0.1, -0.05) is 20.4 Å². The summed E-state index contributed by atoms with van der Waals surface area (Å²) in [7, 11) is 1.63. The first kappa shape index (κ1) is 25.7. The predicted octanol–water partition coefficient (Wildman–Crippen LogP) is 4.47. The predicted molar refractivity (Wildman–Crippen MR) is 150 cm³/mol. The van der Waals surface area contributed by atoms with E-state index in [4.69, 9.17) is 14.8 Å². The van der Waals surface area contributed by atoms with Crippen LogP contribution in [0.25, 0.3) is 5.82 Å². The van der Waals surface area contributed by atoms with Gasteiger partial charge in [0.25, 0.3) is 0 Å². The maximum Gasteiger partial charge on any atom is 0.247 e. The molecule has 0 unspecified atom stereocenters. The number of nitrogens with one attached hydrogen (secondary N) is 2. The van der Waals surface area contributed by atoms with Gasteiger partial charge in [0.15, 0.2) is 5.82 Å². The molecule has 4 heterocycles. The highest BCUT2D eigenvalue weighted by molar-refractivity contribution is 6.02. The quantitative estimate of drug-likeness (QED) is 0.381. The van der Waals surface area contributed by atoms with E-state index in [-0.39, 0.29) is 5.91 Å². The van der Waals surface area contributed by atoms with Crippen LogP contribution in [-0.4, -0.2) is 63.8 Å². The molecule has 38 heavy (non-hydrogen) atoms. The molecule has 200 valence electrons. The number of methoxy groups -OCH3 is 1. The van der Waals surface area contributed by atoms with Crippen LogP contribution in [0, 0.1) is 0 Å². The summed E-state index contributed by atoms with van der Waals surface area (Å²) in [5, 5.41) is 11.1. The van der Waals surface area contributed by atoms with E-state index >= 15 is 0 Å². The molecule has 2 fully saturated rings. The lowest BCUT2D eigenvalue weighted by molar-refractivity contribution is -0.111. The summed E-state index contributed by atoms with van der Waals surface area (Å²) in [6, 6.07) is 5.65. The van der Waals surface area contributed by atoms with Gasteiger partial charge < -0.3 is 20.3 Å². The minimum Gasteiger partial charge on any atom is -0.494 e. The van der Waals surface area contributed by atoms with E-state index < -0.39 is 0 Å². The van der Waals surface area contributed by atoms with E-state index in [0.717, 1.165) is 56.9 Å². The number of rotatable bonds is 10. The standard InChI is InChI=1S/C28H36N8O2/c1-5-26(37)30-21-15-22(24(38-4)16-23(21)35-13-6-7-14-35)31-28-29-10-9-25(32-28)36-18-20(17-34-11-8-12-34)27(33-36)19(2)3/h5,9-10,15-16,18-19H,1,6-8,11-14,17H2,2-4H3,(H,30,37)(H,29,31,32). The smallest absolute Gasteiger partial charge is 0.247 e. The van der Waals surface area contributed by atoms with Crippen LogP contribution >= 0.6 is 0 Å². The summed E-state index contributed by atoms with van der Waals surface area (Å²) < 4.78 is 7.55. The highest BCUT2D eigenvalue weighted by atomic mass is 16.5. The van der Waals surface area contributed by atoms with Crippen molar-refractivity contribution in [1.82, 2.24) is 24.6 Å². The summed E-state index contributed by atoms with van der Waals surface area (Å²) in [5.41, 5.74) is 4.57. The van der Waals surface area contributed by atoms with Crippen molar-refractivity contribution < 1.29 is 9.53 Å². The molecule has 1 amide bonds. The Morgan fingerprint density at radius 3 is 2.61 bits per heavy atom. The highest BCUT2D eigenvalue weighted by Crippen LogP contribution is 2.39. The molecule has 0 aliphatic carbocycles. The van der Waals surface area contributed by atoms with Gasteiger partial charge in [-0.05, 0) is 50.4 Å². The van der Waals surface area contributed by atoms with Crippen molar-refractivity contribution in [1.29, 1.82) is 0 Å². The van der Waals surface area contributed by atoms with Crippen LogP contribution in [0.5, 0.6) is 5.75 Å². The summed E-state index contributed by atoms with van der Waals surface area (Å²) in [5.74, 6) is 1.76. The van der Waals surface area contributed by atoms with Crippen LogP contribution in [0.15, 0.2) is 43.2 Å². The molecular formula is C28H36N8O2. The van der Waals surface area contributed by atoms with Gasteiger partial charge in [0.1, 0.15) is 5.75 Å². The van der Waals surface area contributed by atoms with E-state index in [2.05, 4.69) is 52.0 Å². The van der Waals surface area contributed by atoms with Crippen molar-refractivity contribution >= 4 is 28.9 Å². The number of anilines is 4. The summed E-state index contributed by atoms with van der Waals surface area (Å²) in [6.45, 7) is 13.0. The fourth-order valence-corrected chi connectivity index (χ4v) is 4.93. The molecule has 2 aliphatic heterocycles. The second-order valence-corrected chi connectivity index (χ2v) is 10.1. The molecule has 2 aromatic heterocycles. The lowest BCUT2D eigenvalue weighted by Crippen LogP contribution is -2.36. The lowest BCUT2D eigenvalue weighted by atomic mass is 10.1. The summed E-state index contributed by atoms with van der Waals surface area (Å²) in [4.78, 5) is 26.1. The number of aromatic nitrogens is 4. The normalized spacial score (nSPS) is 15.4. The Morgan fingerprint density at radius 1 is 1.16 bits per heavy atom. The summed E-state index contributed by atoms with van der Waals surface area (Å²) >= 11 is 0. The van der Waals surface area contributed by atoms with Crippen molar-refractivity contribution in [3.05, 3.63) is 54.5 Å².